The second-order valence-electron chi connectivity index (χ2n) is 2.63. The minimum absolute atomic E-state index is 0.642. The smallest absolute Gasteiger partial charge is 0.382 e. The molecule has 1 unspecified atom stereocenters. The van der Waals surface area contributed by atoms with Crippen LogP contribution in [0.4, 0.5) is 26.3 Å². The summed E-state index contributed by atoms with van der Waals surface area (Å²) < 4.78 is 69.3. The monoisotopic (exact) mass is 225 g/mol. The Balaban J connectivity index is 3.56. The highest BCUT2D eigenvalue weighted by atomic mass is 19.4. The van der Waals surface area contributed by atoms with Crippen LogP contribution in [0.15, 0.2) is 0 Å². The van der Waals surface area contributed by atoms with Gasteiger partial charge in [-0.3, -0.25) is 0 Å². The van der Waals surface area contributed by atoms with Gasteiger partial charge in [0, 0.05) is 13.1 Å². The molecule has 0 aliphatic carbocycles. The lowest BCUT2D eigenvalue weighted by Gasteiger charge is -2.15. The van der Waals surface area contributed by atoms with Gasteiger partial charge in [-0.2, -0.15) is 26.3 Å². The second-order valence-corrected chi connectivity index (χ2v) is 2.63. The zero-order valence-electron chi connectivity index (χ0n) is 6.91. The molecule has 0 saturated carbocycles. The van der Waals surface area contributed by atoms with Crippen molar-refractivity contribution in [3.05, 3.63) is 0 Å². The molecule has 0 aliphatic rings. The van der Waals surface area contributed by atoms with Gasteiger partial charge in [0.15, 0.2) is 6.10 Å². The summed E-state index contributed by atoms with van der Waals surface area (Å²) in [7, 11) is 0. The van der Waals surface area contributed by atoms with Crippen LogP contribution in [-0.2, 0) is 0 Å². The highest BCUT2D eigenvalue weighted by molar-refractivity contribution is 4.68. The molecule has 1 atom stereocenters. The van der Waals surface area contributed by atoms with Gasteiger partial charge in [-0.1, -0.05) is 0 Å². The number of aliphatic hydroxyl groups excluding tert-OH is 1. The van der Waals surface area contributed by atoms with Gasteiger partial charge in [0.1, 0.15) is 0 Å². The van der Waals surface area contributed by atoms with Crippen LogP contribution in [0.2, 0.25) is 0 Å². The quantitative estimate of drug-likeness (QED) is 0.560. The first-order valence-corrected chi connectivity index (χ1v) is 3.65. The van der Waals surface area contributed by atoms with E-state index in [1.165, 1.54) is 0 Å². The fourth-order valence-electron chi connectivity index (χ4n) is 0.585. The first kappa shape index (κ1) is 13.5. The van der Waals surface area contributed by atoms with Crippen molar-refractivity contribution in [2.24, 2.45) is 0 Å². The van der Waals surface area contributed by atoms with Crippen LogP contribution in [-0.4, -0.2) is 36.7 Å². The molecule has 0 bridgehead atoms. The summed E-state index contributed by atoms with van der Waals surface area (Å²) in [5.41, 5.74) is 0. The van der Waals surface area contributed by atoms with Crippen molar-refractivity contribution >= 4 is 0 Å². The number of alkyl halides is 6. The molecule has 0 heterocycles. The average Bonchev–Trinajstić information content (AvgIpc) is 1.93. The summed E-state index contributed by atoms with van der Waals surface area (Å²) in [5, 5.41) is 10.2. The number of aliphatic hydroxyl groups is 1. The first-order chi connectivity index (χ1) is 6.13. The van der Waals surface area contributed by atoms with E-state index in [1.54, 1.807) is 0 Å². The third-order valence-electron chi connectivity index (χ3n) is 1.30. The number of nitrogens with one attached hydrogen (secondary N) is 1. The highest BCUT2D eigenvalue weighted by Gasteiger charge is 2.37. The van der Waals surface area contributed by atoms with E-state index in [2.05, 4.69) is 0 Å². The Morgan fingerprint density at radius 3 is 1.93 bits per heavy atom. The van der Waals surface area contributed by atoms with Crippen molar-refractivity contribution in [2.75, 3.05) is 13.1 Å². The molecular weight excluding hydrogens is 216 g/mol. The second kappa shape index (κ2) is 4.83. The van der Waals surface area contributed by atoms with E-state index in [4.69, 9.17) is 5.11 Å². The summed E-state index contributed by atoms with van der Waals surface area (Å²) in [5.74, 6) is 0. The van der Waals surface area contributed by atoms with E-state index in [0.29, 0.717) is 0 Å². The van der Waals surface area contributed by atoms with Gasteiger partial charge in [-0.15, -0.1) is 0 Å². The van der Waals surface area contributed by atoms with Crippen molar-refractivity contribution in [1.29, 1.82) is 0 Å². The lowest BCUT2D eigenvalue weighted by molar-refractivity contribution is -0.202. The summed E-state index contributed by atoms with van der Waals surface area (Å²) in [6.45, 7) is -1.57. The van der Waals surface area contributed by atoms with Crippen molar-refractivity contribution in [3.63, 3.8) is 0 Å². The zero-order chi connectivity index (χ0) is 11.4. The third-order valence-corrected chi connectivity index (χ3v) is 1.30. The number of hydrogen-bond acceptors (Lipinski definition) is 2. The third kappa shape index (κ3) is 6.96. The normalized spacial score (nSPS) is 15.6. The topological polar surface area (TPSA) is 32.3 Å². The number of hydrogen-bond donors (Lipinski definition) is 2. The predicted molar refractivity (Wildman–Crippen MR) is 35.6 cm³/mol. The molecule has 86 valence electrons. The SMILES string of the molecule is OC(CNCCC(F)(F)F)C(F)(F)F. The maximum absolute atomic E-state index is 11.6. The van der Waals surface area contributed by atoms with Crippen molar-refractivity contribution in [2.45, 2.75) is 24.9 Å². The maximum Gasteiger partial charge on any atom is 0.415 e. The van der Waals surface area contributed by atoms with Crippen LogP contribution in [0.5, 0.6) is 0 Å². The first-order valence-electron chi connectivity index (χ1n) is 3.65. The Kier molecular flexibility index (Phi) is 4.66. The van der Waals surface area contributed by atoms with Crippen LogP contribution in [0.25, 0.3) is 0 Å². The fourth-order valence-corrected chi connectivity index (χ4v) is 0.585. The van der Waals surface area contributed by atoms with Crippen LogP contribution in [0.3, 0.4) is 0 Å². The van der Waals surface area contributed by atoms with Crippen molar-refractivity contribution in [1.82, 2.24) is 5.32 Å². The molecule has 0 aromatic heterocycles. The summed E-state index contributed by atoms with van der Waals surface area (Å²) in [6.07, 6.45) is -13.1. The standard InChI is InChI=1S/C6H9F6NO/c7-5(8,9)1-2-13-3-4(14)6(10,11)12/h4,13-14H,1-3H2. The lowest BCUT2D eigenvalue weighted by Crippen LogP contribution is -2.39. The molecule has 0 saturated heterocycles. The van der Waals surface area contributed by atoms with Gasteiger partial charge in [0.2, 0.25) is 0 Å². The minimum Gasteiger partial charge on any atom is -0.382 e. The Labute approximate surface area is 75.9 Å². The van der Waals surface area contributed by atoms with E-state index in [1.807, 2.05) is 5.32 Å². The van der Waals surface area contributed by atoms with E-state index in [-0.39, 0.29) is 0 Å². The van der Waals surface area contributed by atoms with Gasteiger partial charge in [-0.05, 0) is 0 Å². The molecule has 0 fully saturated rings. The lowest BCUT2D eigenvalue weighted by atomic mass is 10.3. The van der Waals surface area contributed by atoms with Crippen LogP contribution in [0.1, 0.15) is 6.42 Å². The summed E-state index contributed by atoms with van der Waals surface area (Å²) >= 11 is 0. The van der Waals surface area contributed by atoms with E-state index in [0.717, 1.165) is 0 Å². The molecule has 0 amide bonds. The Morgan fingerprint density at radius 1 is 1.07 bits per heavy atom. The number of halogens is 6. The van der Waals surface area contributed by atoms with E-state index < -0.39 is 38.0 Å². The molecule has 0 aromatic carbocycles. The van der Waals surface area contributed by atoms with Crippen LogP contribution >= 0.6 is 0 Å². The van der Waals surface area contributed by atoms with Crippen LogP contribution in [0, 0.1) is 0 Å². The minimum atomic E-state index is -4.80. The molecule has 14 heavy (non-hydrogen) atoms. The molecule has 0 aliphatic heterocycles. The molecule has 8 heteroatoms. The Hall–Kier alpha value is -0.500. The molecule has 2 nitrogen and oxygen atoms in total. The molecule has 0 aromatic rings. The molecule has 0 spiro atoms. The predicted octanol–water partition coefficient (Wildman–Crippen LogP) is 1.45. The van der Waals surface area contributed by atoms with Gasteiger partial charge >= 0.3 is 12.4 Å². The van der Waals surface area contributed by atoms with Gasteiger partial charge in [-0.25, -0.2) is 0 Å². The van der Waals surface area contributed by atoms with Gasteiger partial charge in [0.25, 0.3) is 0 Å². The average molecular weight is 225 g/mol. The van der Waals surface area contributed by atoms with Crippen molar-refractivity contribution in [3.8, 4) is 0 Å². The van der Waals surface area contributed by atoms with Gasteiger partial charge in [0.05, 0.1) is 6.42 Å². The molecule has 0 rings (SSSR count). The molecular formula is C6H9F6NO. The summed E-state index contributed by atoms with van der Waals surface area (Å²) in [4.78, 5) is 0. The van der Waals surface area contributed by atoms with Gasteiger partial charge < -0.3 is 10.4 Å². The maximum atomic E-state index is 11.6. The molecule has 2 N–H and O–H groups in total. The van der Waals surface area contributed by atoms with E-state index in [9.17, 15) is 26.3 Å². The summed E-state index contributed by atoms with van der Waals surface area (Å²) in [6, 6.07) is 0. The Morgan fingerprint density at radius 2 is 1.57 bits per heavy atom. The van der Waals surface area contributed by atoms with Crippen molar-refractivity contribution < 1.29 is 31.4 Å². The largest absolute Gasteiger partial charge is 0.415 e. The Bertz CT molecular complexity index is 165. The van der Waals surface area contributed by atoms with Crippen LogP contribution < -0.4 is 5.32 Å². The zero-order valence-corrected chi connectivity index (χ0v) is 6.91. The molecule has 0 radical (unpaired) electrons. The highest BCUT2D eigenvalue weighted by Crippen LogP contribution is 2.20. The fraction of sp³-hybridized carbons (Fsp3) is 1.00. The van der Waals surface area contributed by atoms with E-state index >= 15 is 0 Å². The number of rotatable bonds is 4.